The molecule has 0 spiro atoms. The highest BCUT2D eigenvalue weighted by atomic mass is 19.3. The summed E-state index contributed by atoms with van der Waals surface area (Å²) in [4.78, 5) is 15.1. The van der Waals surface area contributed by atoms with Gasteiger partial charge in [0.2, 0.25) is 0 Å². The van der Waals surface area contributed by atoms with Crippen LogP contribution in [0.4, 0.5) is 24.7 Å². The molecule has 3 aromatic rings. The van der Waals surface area contributed by atoms with E-state index in [9.17, 15) is 18.0 Å². The van der Waals surface area contributed by atoms with Crippen LogP contribution in [-0.4, -0.2) is 29.3 Å². The number of amides is 1. The summed E-state index contributed by atoms with van der Waals surface area (Å²) in [5.74, 6) is -3.98. The van der Waals surface area contributed by atoms with Gasteiger partial charge >= 0.3 is 0 Å². The molecular weight excluding hydrogens is 457 g/mol. The fourth-order valence-electron chi connectivity index (χ4n) is 4.86. The molecule has 1 saturated carbocycles. The topological polar surface area (TPSA) is 67.3 Å². The number of hydrogen-bond acceptors (Lipinski definition) is 5. The van der Waals surface area contributed by atoms with Crippen molar-refractivity contribution in [2.45, 2.75) is 64.1 Å². The fraction of sp³-hybridized carbons (Fsp3) is 0.423. The summed E-state index contributed by atoms with van der Waals surface area (Å²) in [6.45, 7) is 5.94. The van der Waals surface area contributed by atoms with E-state index in [0.717, 1.165) is 35.5 Å². The highest BCUT2D eigenvalue weighted by molar-refractivity contribution is 6.11. The van der Waals surface area contributed by atoms with Crippen LogP contribution < -0.4 is 10.2 Å². The van der Waals surface area contributed by atoms with Crippen molar-refractivity contribution in [1.29, 1.82) is 0 Å². The van der Waals surface area contributed by atoms with E-state index in [4.69, 9.17) is 4.74 Å². The zero-order valence-electron chi connectivity index (χ0n) is 20.2. The van der Waals surface area contributed by atoms with E-state index >= 15 is 0 Å². The second kappa shape index (κ2) is 7.91. The highest BCUT2D eigenvalue weighted by Gasteiger charge is 2.52. The van der Waals surface area contributed by atoms with E-state index in [-0.39, 0.29) is 17.5 Å². The summed E-state index contributed by atoms with van der Waals surface area (Å²) in [6, 6.07) is 7.25. The Bertz CT molecular complexity index is 1350. The standard InChI is InChI=1S/C26H27F3N4O2/c1-13(16-7-6-8-19(22(16)27)26(4,28)29)30-23-18-12-21-20(11-17(18)14(2)31-32-23)25(3,35-5)24(34)33(21)15-9-10-15/h6-8,11-13,15H,9-10H2,1-5H3,(H,30,32)/t13-,25?/m1/s1. The van der Waals surface area contributed by atoms with Gasteiger partial charge in [-0.15, -0.1) is 5.10 Å². The molecule has 1 aliphatic carbocycles. The van der Waals surface area contributed by atoms with Crippen molar-refractivity contribution in [3.8, 4) is 0 Å². The number of fused-ring (bicyclic) bond motifs is 2. The Balaban J connectivity index is 1.61. The Morgan fingerprint density at radius 3 is 2.57 bits per heavy atom. The Morgan fingerprint density at radius 2 is 1.94 bits per heavy atom. The van der Waals surface area contributed by atoms with Gasteiger partial charge < -0.3 is 15.0 Å². The van der Waals surface area contributed by atoms with Gasteiger partial charge in [-0.1, -0.05) is 18.2 Å². The maximum atomic E-state index is 15.0. The summed E-state index contributed by atoms with van der Waals surface area (Å²) in [5.41, 5.74) is 0.536. The van der Waals surface area contributed by atoms with Crippen molar-refractivity contribution in [2.24, 2.45) is 0 Å². The Hall–Kier alpha value is -3.20. The van der Waals surface area contributed by atoms with E-state index < -0.39 is 28.9 Å². The second-order valence-corrected chi connectivity index (χ2v) is 9.66. The number of rotatable bonds is 6. The highest BCUT2D eigenvalue weighted by Crippen LogP contribution is 2.49. The van der Waals surface area contributed by atoms with Crippen LogP contribution in [0.2, 0.25) is 0 Å². The predicted octanol–water partition coefficient (Wildman–Crippen LogP) is 5.73. The molecule has 0 radical (unpaired) electrons. The average molecular weight is 485 g/mol. The molecular formula is C26H27F3N4O2. The molecule has 1 unspecified atom stereocenters. The van der Waals surface area contributed by atoms with E-state index in [2.05, 4.69) is 15.5 Å². The maximum Gasteiger partial charge on any atom is 0.273 e. The first-order valence-corrected chi connectivity index (χ1v) is 11.6. The third-order valence-electron chi connectivity index (χ3n) is 7.12. The Labute approximate surface area is 201 Å². The molecule has 2 aliphatic rings. The number of carbonyl (C=O) groups excluding carboxylic acids is 1. The molecule has 0 bridgehead atoms. The van der Waals surface area contributed by atoms with Gasteiger partial charge in [0.05, 0.1) is 23.0 Å². The van der Waals surface area contributed by atoms with Crippen molar-refractivity contribution in [1.82, 2.24) is 10.2 Å². The zero-order valence-corrected chi connectivity index (χ0v) is 20.2. The van der Waals surface area contributed by atoms with Crippen LogP contribution in [0.1, 0.15) is 62.0 Å². The smallest absolute Gasteiger partial charge is 0.273 e. The van der Waals surface area contributed by atoms with Crippen molar-refractivity contribution in [3.05, 3.63) is 58.5 Å². The summed E-state index contributed by atoms with van der Waals surface area (Å²) < 4.78 is 48.4. The first-order valence-electron chi connectivity index (χ1n) is 11.6. The molecule has 1 amide bonds. The molecule has 2 atom stereocenters. The lowest BCUT2D eigenvalue weighted by Crippen LogP contribution is -2.40. The van der Waals surface area contributed by atoms with E-state index in [1.54, 1.807) is 18.7 Å². The van der Waals surface area contributed by atoms with Crippen LogP contribution in [0.5, 0.6) is 0 Å². The van der Waals surface area contributed by atoms with Gasteiger partial charge in [0, 0.05) is 42.0 Å². The van der Waals surface area contributed by atoms with Gasteiger partial charge in [-0.3, -0.25) is 4.79 Å². The molecule has 1 aliphatic heterocycles. The minimum atomic E-state index is -3.30. The molecule has 2 aromatic carbocycles. The molecule has 9 heteroatoms. The molecule has 5 rings (SSSR count). The number of halogens is 3. The number of ether oxygens (including phenoxy) is 1. The monoisotopic (exact) mass is 484 g/mol. The first kappa shape index (κ1) is 23.5. The van der Waals surface area contributed by atoms with Crippen LogP contribution in [0.25, 0.3) is 10.8 Å². The number of methoxy groups -OCH3 is 1. The largest absolute Gasteiger partial charge is 0.364 e. The number of carbonyl (C=O) groups is 1. The minimum Gasteiger partial charge on any atom is -0.364 e. The molecule has 35 heavy (non-hydrogen) atoms. The van der Waals surface area contributed by atoms with Gasteiger partial charge in [0.1, 0.15) is 5.82 Å². The number of aryl methyl sites for hydroxylation is 1. The fourth-order valence-corrected chi connectivity index (χ4v) is 4.86. The van der Waals surface area contributed by atoms with E-state index in [0.29, 0.717) is 23.8 Å². The van der Waals surface area contributed by atoms with Gasteiger partial charge in [-0.2, -0.15) is 5.10 Å². The molecule has 1 aromatic heterocycles. The molecule has 0 saturated heterocycles. The van der Waals surface area contributed by atoms with Crippen LogP contribution in [-0.2, 0) is 21.1 Å². The number of alkyl halides is 2. The number of benzene rings is 2. The third-order valence-corrected chi connectivity index (χ3v) is 7.12. The van der Waals surface area contributed by atoms with E-state index in [1.807, 2.05) is 19.1 Å². The Kier molecular flexibility index (Phi) is 5.32. The lowest BCUT2D eigenvalue weighted by molar-refractivity contribution is -0.137. The van der Waals surface area contributed by atoms with Gasteiger partial charge in [-0.25, -0.2) is 13.2 Å². The number of anilines is 2. The van der Waals surface area contributed by atoms with Gasteiger partial charge in [0.25, 0.3) is 11.8 Å². The second-order valence-electron chi connectivity index (χ2n) is 9.66. The minimum absolute atomic E-state index is 0.0995. The third kappa shape index (κ3) is 3.64. The van der Waals surface area contributed by atoms with Crippen LogP contribution in [0, 0.1) is 12.7 Å². The number of aromatic nitrogens is 2. The van der Waals surface area contributed by atoms with Gasteiger partial charge in [0.15, 0.2) is 11.4 Å². The molecule has 6 nitrogen and oxygen atoms in total. The van der Waals surface area contributed by atoms with Crippen LogP contribution >= 0.6 is 0 Å². The van der Waals surface area contributed by atoms with Crippen molar-refractivity contribution >= 4 is 28.2 Å². The van der Waals surface area contributed by atoms with E-state index in [1.165, 1.54) is 19.2 Å². The average Bonchev–Trinajstić information content (AvgIpc) is 3.61. The SMILES string of the molecule is COC1(C)C(=O)N(C2CC2)c2cc3c(N[C@H](C)c4cccc(C(C)(F)F)c4F)nnc(C)c3cc21. The van der Waals surface area contributed by atoms with Gasteiger partial charge in [-0.05, 0) is 45.7 Å². The van der Waals surface area contributed by atoms with Crippen molar-refractivity contribution < 1.29 is 22.7 Å². The lowest BCUT2D eigenvalue weighted by atomic mass is 9.94. The summed E-state index contributed by atoms with van der Waals surface area (Å²) in [7, 11) is 1.52. The van der Waals surface area contributed by atoms with Crippen molar-refractivity contribution in [2.75, 3.05) is 17.3 Å². The first-order chi connectivity index (χ1) is 16.5. The lowest BCUT2D eigenvalue weighted by Gasteiger charge is -2.22. The predicted molar refractivity (Wildman–Crippen MR) is 127 cm³/mol. The zero-order chi connectivity index (χ0) is 25.3. The molecule has 1 N–H and O–H groups in total. The summed E-state index contributed by atoms with van der Waals surface area (Å²) in [6.07, 6.45) is 1.85. The quantitative estimate of drug-likeness (QED) is 0.484. The molecule has 1 fully saturated rings. The summed E-state index contributed by atoms with van der Waals surface area (Å²) >= 11 is 0. The van der Waals surface area contributed by atoms with Crippen LogP contribution in [0.15, 0.2) is 30.3 Å². The Morgan fingerprint density at radius 1 is 1.23 bits per heavy atom. The normalized spacial score (nSPS) is 20.9. The molecule has 2 heterocycles. The van der Waals surface area contributed by atoms with Crippen LogP contribution in [0.3, 0.4) is 0 Å². The maximum absolute atomic E-state index is 15.0. The number of nitrogens with zero attached hydrogens (tertiary/aromatic N) is 3. The van der Waals surface area contributed by atoms with Crippen molar-refractivity contribution in [3.63, 3.8) is 0 Å². The summed E-state index contributed by atoms with van der Waals surface area (Å²) in [5, 5.41) is 13.2. The molecule has 184 valence electrons. The number of hydrogen-bond donors (Lipinski definition) is 1. The number of nitrogens with one attached hydrogen (secondary N) is 1.